The first kappa shape index (κ1) is 21.0. The standard InChI is InChI=1S/2C9H13.C3H7.2Fe/c2*1-2-3-6-9-7-4-5-8-9;1-3-2;;/h2*4,7H,2-3,5-6H2,1H3;1,3H2,2H3;;. The van der Waals surface area contributed by atoms with Gasteiger partial charge in [-0.15, -0.1) is 0 Å². The molecule has 0 radical (unpaired) electrons. The minimum atomic E-state index is 1.08. The number of unbranched alkanes of at least 4 members (excludes halogenated alkanes) is 2. The van der Waals surface area contributed by atoms with Crippen molar-refractivity contribution in [3.05, 3.63) is 44.4 Å². The van der Waals surface area contributed by atoms with Crippen molar-refractivity contribution < 1.29 is 31.0 Å². The van der Waals surface area contributed by atoms with Crippen LogP contribution >= 0.6 is 0 Å². The first-order valence-corrected chi connectivity index (χ1v) is 11.1. The summed E-state index contributed by atoms with van der Waals surface area (Å²) in [4.78, 5) is 0. The number of rotatable bonds is 9. The van der Waals surface area contributed by atoms with Crippen LogP contribution in [0.1, 0.15) is 78.6 Å². The summed E-state index contributed by atoms with van der Waals surface area (Å²) in [5.41, 5.74) is 3.12. The second-order valence-electron chi connectivity index (χ2n) is 6.05. The maximum atomic E-state index is 3.99. The SMILES string of the molecule is CCCCC1=[C]([Fe])CC=C1.CCCCC1=[C]([Fe][CH2]CC)CC=C1. The quantitative estimate of drug-likeness (QED) is 0.360. The van der Waals surface area contributed by atoms with E-state index in [4.69, 9.17) is 0 Å². The van der Waals surface area contributed by atoms with Crippen molar-refractivity contribution in [2.45, 2.75) is 83.9 Å². The molecule has 0 saturated heterocycles. The average molecular weight is 397 g/mol. The van der Waals surface area contributed by atoms with Crippen LogP contribution in [0.25, 0.3) is 0 Å². The second-order valence-corrected chi connectivity index (χ2v) is 8.33. The summed E-state index contributed by atoms with van der Waals surface area (Å²) in [6, 6.07) is 0. The van der Waals surface area contributed by atoms with Crippen LogP contribution in [0.5, 0.6) is 0 Å². The van der Waals surface area contributed by atoms with Crippen LogP contribution in [0.3, 0.4) is 0 Å². The predicted octanol–water partition coefficient (Wildman–Crippen LogP) is 7.24. The van der Waals surface area contributed by atoms with Gasteiger partial charge in [-0.3, -0.25) is 0 Å². The van der Waals surface area contributed by atoms with Gasteiger partial charge in [0.05, 0.1) is 0 Å². The third-order valence-electron chi connectivity index (χ3n) is 3.92. The monoisotopic (exact) mass is 397 g/mol. The number of hydrogen-bond acceptors (Lipinski definition) is 0. The number of hydrogen-bond donors (Lipinski definition) is 0. The zero-order chi connectivity index (χ0) is 16.9. The van der Waals surface area contributed by atoms with E-state index in [1.807, 2.05) is 0 Å². The summed E-state index contributed by atoms with van der Waals surface area (Å²) in [7, 11) is 0. The molecule has 0 aromatic heterocycles. The van der Waals surface area contributed by atoms with E-state index in [9.17, 15) is 0 Å². The molecule has 0 fully saturated rings. The van der Waals surface area contributed by atoms with Gasteiger partial charge in [-0.2, -0.15) is 0 Å². The second kappa shape index (κ2) is 13.3. The fourth-order valence-electron chi connectivity index (χ4n) is 2.54. The number of allylic oxidation sites excluding steroid dienone is 8. The molecule has 0 aromatic carbocycles. The maximum absolute atomic E-state index is 3.99. The molecule has 0 bridgehead atoms. The van der Waals surface area contributed by atoms with E-state index in [-0.39, 0.29) is 0 Å². The van der Waals surface area contributed by atoms with Crippen molar-refractivity contribution in [1.29, 1.82) is 0 Å². The molecule has 2 aliphatic rings. The van der Waals surface area contributed by atoms with Crippen LogP contribution < -0.4 is 0 Å². The summed E-state index contributed by atoms with van der Waals surface area (Å²) in [6.07, 6.45) is 20.5. The van der Waals surface area contributed by atoms with Crippen LogP contribution in [-0.4, -0.2) is 0 Å². The Morgan fingerprint density at radius 1 is 0.870 bits per heavy atom. The Bertz CT molecular complexity index is 452. The molecule has 2 heteroatoms. The molecule has 2 aliphatic carbocycles. The molecular weight excluding hydrogens is 364 g/mol. The zero-order valence-electron chi connectivity index (χ0n) is 15.1. The van der Waals surface area contributed by atoms with Gasteiger partial charge in [0.1, 0.15) is 0 Å². The van der Waals surface area contributed by atoms with E-state index >= 15 is 0 Å². The molecule has 0 spiro atoms. The molecular formula is C21H33Fe2. The first-order valence-electron chi connectivity index (χ1n) is 9.20. The molecule has 0 atom stereocenters. The molecule has 23 heavy (non-hydrogen) atoms. The Balaban J connectivity index is 0.000000238. The molecule has 0 N–H and O–H groups in total. The van der Waals surface area contributed by atoms with Gasteiger partial charge in [-0.05, 0) is 0 Å². The minimum absolute atomic E-state index is 1.08. The van der Waals surface area contributed by atoms with Crippen molar-refractivity contribution in [1.82, 2.24) is 0 Å². The van der Waals surface area contributed by atoms with Gasteiger partial charge < -0.3 is 0 Å². The van der Waals surface area contributed by atoms with Crippen molar-refractivity contribution in [2.75, 3.05) is 0 Å². The molecule has 0 unspecified atom stereocenters. The van der Waals surface area contributed by atoms with Crippen molar-refractivity contribution in [2.24, 2.45) is 0 Å². The zero-order valence-corrected chi connectivity index (χ0v) is 17.3. The van der Waals surface area contributed by atoms with Crippen LogP contribution in [0.15, 0.2) is 44.4 Å². The van der Waals surface area contributed by atoms with Crippen molar-refractivity contribution in [3.63, 3.8) is 0 Å². The summed E-state index contributed by atoms with van der Waals surface area (Å²) in [5, 5.41) is 1.37. The third-order valence-corrected chi connectivity index (χ3v) is 6.38. The molecule has 0 aromatic rings. The molecule has 2 rings (SSSR count). The predicted molar refractivity (Wildman–Crippen MR) is 95.7 cm³/mol. The van der Waals surface area contributed by atoms with Gasteiger partial charge in [0.2, 0.25) is 0 Å². The van der Waals surface area contributed by atoms with Crippen LogP contribution in [0.2, 0.25) is 5.32 Å². The summed E-state index contributed by atoms with van der Waals surface area (Å²) >= 11 is 5.32. The van der Waals surface area contributed by atoms with Gasteiger partial charge in [-0.1, -0.05) is 0 Å². The fourth-order valence-corrected chi connectivity index (χ4v) is 4.27. The van der Waals surface area contributed by atoms with Crippen molar-refractivity contribution >= 4 is 0 Å². The Morgan fingerprint density at radius 3 is 2.04 bits per heavy atom. The van der Waals surface area contributed by atoms with E-state index in [0.29, 0.717) is 0 Å². The molecule has 133 valence electrons. The van der Waals surface area contributed by atoms with Crippen LogP contribution in [-0.2, 0) is 31.0 Å². The van der Waals surface area contributed by atoms with E-state index in [1.54, 1.807) is 10.0 Å². The topological polar surface area (TPSA) is 0 Å². The Labute approximate surface area is 158 Å². The molecule has 0 saturated carbocycles. The Hall–Kier alpha value is -0.00104. The van der Waals surface area contributed by atoms with Crippen LogP contribution in [0.4, 0.5) is 0 Å². The summed E-state index contributed by atoms with van der Waals surface area (Å²) in [6.45, 7) is 6.77. The fraction of sp³-hybridized carbons (Fsp3) is 0.619. The summed E-state index contributed by atoms with van der Waals surface area (Å²) in [5.74, 6) is 0. The average Bonchev–Trinajstić information content (AvgIpc) is 3.18. The van der Waals surface area contributed by atoms with Crippen molar-refractivity contribution in [3.8, 4) is 0 Å². The molecule has 0 nitrogen and oxygen atoms in total. The Kier molecular flexibility index (Phi) is 12.2. The normalized spacial score (nSPS) is 16.5. The first-order chi connectivity index (χ1) is 11.2. The third kappa shape index (κ3) is 8.59. The van der Waals surface area contributed by atoms with E-state index in [0.717, 1.165) is 6.42 Å². The van der Waals surface area contributed by atoms with Crippen LogP contribution in [0, 0.1) is 0 Å². The molecule has 0 amide bonds. The Morgan fingerprint density at radius 2 is 1.48 bits per heavy atom. The van der Waals surface area contributed by atoms with E-state index in [1.165, 1.54) is 81.7 Å². The van der Waals surface area contributed by atoms with Gasteiger partial charge in [-0.25, -0.2) is 0 Å². The van der Waals surface area contributed by atoms with Gasteiger partial charge >= 0.3 is 159 Å². The molecule has 0 heterocycles. The van der Waals surface area contributed by atoms with Gasteiger partial charge in [0.15, 0.2) is 0 Å². The summed E-state index contributed by atoms with van der Waals surface area (Å²) < 4.78 is 3.05. The van der Waals surface area contributed by atoms with Gasteiger partial charge in [0.25, 0.3) is 0 Å². The van der Waals surface area contributed by atoms with E-state index in [2.05, 4.69) is 61.1 Å². The van der Waals surface area contributed by atoms with E-state index < -0.39 is 0 Å². The molecule has 0 aliphatic heterocycles. The van der Waals surface area contributed by atoms with Gasteiger partial charge in [0, 0.05) is 0 Å².